The zero-order valence-corrected chi connectivity index (χ0v) is 18.6. The van der Waals surface area contributed by atoms with Crippen LogP contribution in [0, 0.1) is 0 Å². The molecule has 1 amide bonds. The van der Waals surface area contributed by atoms with Crippen LogP contribution in [0.3, 0.4) is 0 Å². The number of thioether (sulfide) groups is 1. The Balaban J connectivity index is 1.31. The van der Waals surface area contributed by atoms with E-state index in [1.807, 2.05) is 29.2 Å². The van der Waals surface area contributed by atoms with Crippen molar-refractivity contribution in [1.29, 1.82) is 0 Å². The van der Waals surface area contributed by atoms with E-state index in [1.54, 1.807) is 23.1 Å². The number of likely N-dealkylation sites (tertiary alicyclic amines) is 1. The van der Waals surface area contributed by atoms with Gasteiger partial charge in [-0.25, -0.2) is 4.98 Å². The number of hydrogen-bond acceptors (Lipinski definition) is 5. The van der Waals surface area contributed by atoms with E-state index in [0.717, 1.165) is 72.1 Å². The maximum absolute atomic E-state index is 13.4. The number of fused-ring (bicyclic) bond motifs is 1. The molecule has 3 heterocycles. The number of benzene rings is 2. The molecule has 0 aliphatic carbocycles. The van der Waals surface area contributed by atoms with Crippen LogP contribution in [-0.4, -0.2) is 47.3 Å². The number of carbonyl (C=O) groups is 1. The second-order valence-electron chi connectivity index (χ2n) is 8.05. The van der Waals surface area contributed by atoms with Crippen molar-refractivity contribution in [3.8, 4) is 0 Å². The summed E-state index contributed by atoms with van der Waals surface area (Å²) in [7, 11) is 0. The molecule has 1 aromatic heterocycles. The molecular weight excluding hydrogens is 412 g/mol. The molecule has 0 radical (unpaired) electrons. The van der Waals surface area contributed by atoms with Gasteiger partial charge in [0.2, 0.25) is 0 Å². The molecule has 30 heavy (non-hydrogen) atoms. The number of aromatic nitrogens is 1. The van der Waals surface area contributed by atoms with Crippen LogP contribution in [0.15, 0.2) is 53.4 Å². The average Bonchev–Trinajstić information content (AvgIpc) is 3.47. The number of amides is 1. The number of piperidine rings is 1. The summed E-state index contributed by atoms with van der Waals surface area (Å²) < 4.78 is 6.99. The normalized spacial score (nSPS) is 21.9. The highest BCUT2D eigenvalue weighted by atomic mass is 32.2. The van der Waals surface area contributed by atoms with E-state index >= 15 is 0 Å². The van der Waals surface area contributed by atoms with Crippen LogP contribution in [0.1, 0.15) is 47.0 Å². The summed E-state index contributed by atoms with van der Waals surface area (Å²) in [6.07, 6.45) is 4.71. The van der Waals surface area contributed by atoms with Gasteiger partial charge in [-0.2, -0.15) is 0 Å². The second kappa shape index (κ2) is 9.08. The number of nitrogens with zero attached hydrogens (tertiary/aromatic N) is 2. The van der Waals surface area contributed by atoms with Crippen LogP contribution >= 0.6 is 23.1 Å². The molecule has 5 rings (SSSR count). The van der Waals surface area contributed by atoms with Crippen LogP contribution in [0.2, 0.25) is 0 Å². The van der Waals surface area contributed by atoms with Crippen molar-refractivity contribution in [3.63, 3.8) is 0 Å². The molecule has 0 saturated carbocycles. The molecule has 6 heteroatoms. The fourth-order valence-corrected chi connectivity index (χ4v) is 6.53. The Labute approximate surface area is 185 Å². The summed E-state index contributed by atoms with van der Waals surface area (Å²) in [5, 5.41) is 1.16. The van der Waals surface area contributed by atoms with E-state index in [2.05, 4.69) is 24.3 Å². The van der Waals surface area contributed by atoms with E-state index in [-0.39, 0.29) is 5.91 Å². The zero-order chi connectivity index (χ0) is 20.3. The van der Waals surface area contributed by atoms with Crippen LogP contribution in [-0.2, 0) is 4.74 Å². The second-order valence-corrected chi connectivity index (χ2v) is 10.2. The minimum atomic E-state index is 0.149. The third-order valence-corrected chi connectivity index (χ3v) is 8.34. The first-order valence-electron chi connectivity index (χ1n) is 10.8. The summed E-state index contributed by atoms with van der Waals surface area (Å²) in [5.74, 6) is 1.39. The molecule has 3 aromatic rings. The molecule has 2 atom stereocenters. The summed E-state index contributed by atoms with van der Waals surface area (Å²) in [4.78, 5) is 21.4. The van der Waals surface area contributed by atoms with Gasteiger partial charge >= 0.3 is 0 Å². The Morgan fingerprint density at radius 3 is 2.87 bits per heavy atom. The topological polar surface area (TPSA) is 42.4 Å². The quantitative estimate of drug-likeness (QED) is 0.487. The van der Waals surface area contributed by atoms with Crippen molar-refractivity contribution in [2.45, 2.75) is 42.6 Å². The lowest BCUT2D eigenvalue weighted by Gasteiger charge is -2.32. The fourth-order valence-electron chi connectivity index (χ4n) is 4.33. The predicted octanol–water partition coefficient (Wildman–Crippen LogP) is 5.59. The Morgan fingerprint density at radius 1 is 1.13 bits per heavy atom. The number of hydrogen-bond donors (Lipinski definition) is 0. The van der Waals surface area contributed by atoms with E-state index in [0.29, 0.717) is 12.0 Å². The molecule has 0 spiro atoms. The first-order chi connectivity index (χ1) is 14.8. The molecule has 2 aliphatic heterocycles. The van der Waals surface area contributed by atoms with Gasteiger partial charge in [0.25, 0.3) is 5.91 Å². The van der Waals surface area contributed by atoms with Gasteiger partial charge in [-0.3, -0.25) is 4.79 Å². The molecule has 2 aromatic carbocycles. The van der Waals surface area contributed by atoms with E-state index < -0.39 is 0 Å². The first-order valence-corrected chi connectivity index (χ1v) is 12.6. The summed E-state index contributed by atoms with van der Waals surface area (Å²) >= 11 is 3.53. The largest absolute Gasteiger partial charge is 0.377 e. The van der Waals surface area contributed by atoms with Crippen LogP contribution in [0.25, 0.3) is 10.2 Å². The number of thiazole rings is 1. The van der Waals surface area contributed by atoms with E-state index in [9.17, 15) is 4.79 Å². The van der Waals surface area contributed by atoms with Crippen LogP contribution in [0.4, 0.5) is 0 Å². The highest BCUT2D eigenvalue weighted by molar-refractivity contribution is 7.99. The average molecular weight is 439 g/mol. The van der Waals surface area contributed by atoms with Crippen LogP contribution in [0.5, 0.6) is 0 Å². The van der Waals surface area contributed by atoms with Gasteiger partial charge in [-0.05, 0) is 49.9 Å². The van der Waals surface area contributed by atoms with Gasteiger partial charge in [-0.15, -0.1) is 23.1 Å². The Hall–Kier alpha value is -1.89. The third-order valence-electron chi connectivity index (χ3n) is 5.93. The van der Waals surface area contributed by atoms with Crippen molar-refractivity contribution in [2.24, 2.45) is 0 Å². The summed E-state index contributed by atoms with van der Waals surface area (Å²) in [6.45, 7) is 2.45. The van der Waals surface area contributed by atoms with Gasteiger partial charge in [0.1, 0.15) is 0 Å². The summed E-state index contributed by atoms with van der Waals surface area (Å²) in [5.41, 5.74) is 1.89. The van der Waals surface area contributed by atoms with Gasteiger partial charge < -0.3 is 9.64 Å². The molecule has 0 bridgehead atoms. The maximum Gasteiger partial charge on any atom is 0.255 e. The Kier molecular flexibility index (Phi) is 6.07. The van der Waals surface area contributed by atoms with Crippen molar-refractivity contribution in [2.75, 3.05) is 25.4 Å². The van der Waals surface area contributed by atoms with E-state index in [4.69, 9.17) is 9.72 Å². The molecular formula is C24H26N2O2S2. The Morgan fingerprint density at radius 2 is 2.00 bits per heavy atom. The monoisotopic (exact) mass is 438 g/mol. The maximum atomic E-state index is 13.4. The lowest BCUT2D eigenvalue weighted by molar-refractivity contribution is 0.0703. The SMILES string of the molecule is O=C(c1ccccc1SC[C@H]1CCCO1)N1CCC[C@H](c2nc3ccccc3s2)C1. The van der Waals surface area contributed by atoms with Gasteiger partial charge in [-0.1, -0.05) is 24.3 Å². The standard InChI is InChI=1S/C24H26N2O2S2/c27-24(19-9-1-3-11-21(19)29-16-18-8-6-14-28-18)26-13-5-7-17(15-26)23-25-20-10-2-4-12-22(20)30-23/h1-4,9-12,17-18H,5-8,13-16H2/t17-,18+/m0/s1. The van der Waals surface area contributed by atoms with Crippen molar-refractivity contribution in [1.82, 2.24) is 9.88 Å². The molecule has 4 nitrogen and oxygen atoms in total. The molecule has 2 fully saturated rings. The van der Waals surface area contributed by atoms with Crippen molar-refractivity contribution in [3.05, 3.63) is 59.1 Å². The molecule has 0 unspecified atom stereocenters. The van der Waals surface area contributed by atoms with Crippen molar-refractivity contribution < 1.29 is 9.53 Å². The van der Waals surface area contributed by atoms with E-state index in [1.165, 1.54) is 4.70 Å². The van der Waals surface area contributed by atoms with Gasteiger partial charge in [0.15, 0.2) is 0 Å². The smallest absolute Gasteiger partial charge is 0.255 e. The van der Waals surface area contributed by atoms with Gasteiger partial charge in [0.05, 0.1) is 26.9 Å². The molecule has 2 saturated heterocycles. The predicted molar refractivity (Wildman–Crippen MR) is 124 cm³/mol. The zero-order valence-electron chi connectivity index (χ0n) is 17.0. The number of para-hydroxylation sites is 1. The first kappa shape index (κ1) is 20.0. The van der Waals surface area contributed by atoms with Crippen molar-refractivity contribution >= 4 is 39.2 Å². The lowest BCUT2D eigenvalue weighted by atomic mass is 9.98. The minimum absolute atomic E-state index is 0.149. The number of ether oxygens (including phenoxy) is 1. The molecule has 0 N–H and O–H groups in total. The fraction of sp³-hybridized carbons (Fsp3) is 0.417. The lowest BCUT2D eigenvalue weighted by Crippen LogP contribution is -2.39. The number of carbonyl (C=O) groups excluding carboxylic acids is 1. The highest BCUT2D eigenvalue weighted by Gasteiger charge is 2.28. The summed E-state index contributed by atoms with van der Waals surface area (Å²) in [6, 6.07) is 16.3. The van der Waals surface area contributed by atoms with Crippen LogP contribution < -0.4 is 0 Å². The molecule has 2 aliphatic rings. The third kappa shape index (κ3) is 4.27. The van der Waals surface area contributed by atoms with Gasteiger partial charge in [0, 0.05) is 36.3 Å². The Bertz CT molecular complexity index is 996. The minimum Gasteiger partial charge on any atom is -0.377 e. The molecule has 156 valence electrons. The number of rotatable bonds is 5. The highest BCUT2D eigenvalue weighted by Crippen LogP contribution is 2.34.